The number of nitrogens with zero attached hydrogens (tertiary/aromatic N) is 1. The second kappa shape index (κ2) is 9.63. The Hall–Kier alpha value is -5.74. The Kier molecular flexibility index (Phi) is 5.51. The monoisotopic (exact) mass is 583 g/mol. The number of para-hydroxylation sites is 5. The lowest BCUT2D eigenvalue weighted by molar-refractivity contribution is 0.351. The molecule has 1 aliphatic heterocycles. The number of rotatable bonds is 3. The number of hydrogen-bond donors (Lipinski definition) is 0. The fourth-order valence-electron chi connectivity index (χ4n) is 7.04. The Balaban J connectivity index is 1.36. The Morgan fingerprint density at radius 2 is 1.24 bits per heavy atom. The Morgan fingerprint density at radius 1 is 0.600 bits per heavy atom. The van der Waals surface area contributed by atoms with Crippen LogP contribution in [0.3, 0.4) is 0 Å². The van der Waals surface area contributed by atoms with Crippen molar-refractivity contribution in [3.63, 3.8) is 0 Å². The first-order valence-corrected chi connectivity index (χ1v) is 15.3. The molecule has 216 valence electrons. The molecule has 7 aromatic rings. The molecule has 0 spiro atoms. The fraction of sp³-hybridized carbons (Fsp3) is 0.0732. The molecule has 0 atom stereocenters. The molecule has 0 N–H and O–H groups in total. The van der Waals surface area contributed by atoms with E-state index in [1.165, 1.54) is 0 Å². The summed E-state index contributed by atoms with van der Waals surface area (Å²) in [5.74, 6) is 2.91. The summed E-state index contributed by atoms with van der Waals surface area (Å²) in [4.78, 5) is 2.34. The van der Waals surface area contributed by atoms with Crippen LogP contribution >= 0.6 is 0 Å². The standard InChI is InChI=1S/C41H29NO3/c1-41(2)31-25-32(42(27-13-5-3-6-14-27)28-15-7-4-8-16-28)37-30-17-9-10-18-33(30)44-39(37)29(31)23-21-26-22-24-36-40(38(26)41)45-35-20-12-11-19-34(35)43-36/h3-25H,1-2H3. The van der Waals surface area contributed by atoms with Crippen LogP contribution < -0.4 is 14.4 Å². The van der Waals surface area contributed by atoms with Gasteiger partial charge in [-0.05, 0) is 65.7 Å². The van der Waals surface area contributed by atoms with Gasteiger partial charge in [0.2, 0.25) is 0 Å². The highest BCUT2D eigenvalue weighted by molar-refractivity contribution is 6.16. The van der Waals surface area contributed by atoms with E-state index >= 15 is 0 Å². The Bertz CT molecular complexity index is 2260. The molecule has 0 amide bonds. The van der Waals surface area contributed by atoms with Crippen LogP contribution in [0.4, 0.5) is 17.1 Å². The van der Waals surface area contributed by atoms with Gasteiger partial charge in [-0.25, -0.2) is 0 Å². The first-order chi connectivity index (χ1) is 22.1. The number of fused-ring (bicyclic) bond motifs is 9. The molecule has 0 radical (unpaired) electrons. The average Bonchev–Trinajstić information content (AvgIpc) is 3.42. The van der Waals surface area contributed by atoms with Gasteiger partial charge in [0.05, 0.1) is 11.1 Å². The van der Waals surface area contributed by atoms with Crippen molar-refractivity contribution in [2.24, 2.45) is 0 Å². The van der Waals surface area contributed by atoms with E-state index in [-0.39, 0.29) is 0 Å². The van der Waals surface area contributed by atoms with Crippen LogP contribution in [-0.2, 0) is 5.41 Å². The zero-order valence-electron chi connectivity index (χ0n) is 25.0. The average molecular weight is 584 g/mol. The van der Waals surface area contributed by atoms with Crippen LogP contribution in [0.1, 0.15) is 36.1 Å². The summed E-state index contributed by atoms with van der Waals surface area (Å²) < 4.78 is 19.8. The van der Waals surface area contributed by atoms with Crippen molar-refractivity contribution in [3.05, 3.63) is 150 Å². The number of furan rings is 1. The van der Waals surface area contributed by atoms with E-state index in [2.05, 4.69) is 122 Å². The minimum Gasteiger partial charge on any atom is -0.455 e. The SMILES string of the molecule is CC1(C)c2cc(N(c3ccccc3)c3ccccc3)c3c(oc4ccccc43)c2C=Cc2ccc3c(c21)Oc1ccccc1O3. The molecule has 45 heavy (non-hydrogen) atoms. The van der Waals surface area contributed by atoms with Crippen molar-refractivity contribution in [2.45, 2.75) is 19.3 Å². The summed E-state index contributed by atoms with van der Waals surface area (Å²) in [6.45, 7) is 4.55. The summed E-state index contributed by atoms with van der Waals surface area (Å²) in [6, 6.07) is 43.8. The van der Waals surface area contributed by atoms with Crippen molar-refractivity contribution in [2.75, 3.05) is 4.90 Å². The van der Waals surface area contributed by atoms with Gasteiger partial charge < -0.3 is 18.8 Å². The van der Waals surface area contributed by atoms with Gasteiger partial charge in [-0.15, -0.1) is 0 Å². The van der Waals surface area contributed by atoms with Gasteiger partial charge in [-0.3, -0.25) is 0 Å². The normalized spacial score (nSPS) is 14.0. The van der Waals surface area contributed by atoms with Crippen LogP contribution in [0.25, 0.3) is 34.1 Å². The molecule has 1 aromatic heterocycles. The van der Waals surface area contributed by atoms with E-state index in [4.69, 9.17) is 13.9 Å². The molecule has 4 heteroatoms. The highest BCUT2D eigenvalue weighted by Gasteiger charge is 2.38. The highest BCUT2D eigenvalue weighted by atomic mass is 16.6. The van der Waals surface area contributed by atoms with Gasteiger partial charge in [0.25, 0.3) is 0 Å². The number of benzene rings is 6. The van der Waals surface area contributed by atoms with Gasteiger partial charge in [0, 0.05) is 33.3 Å². The predicted molar refractivity (Wildman–Crippen MR) is 182 cm³/mol. The zero-order valence-corrected chi connectivity index (χ0v) is 25.0. The van der Waals surface area contributed by atoms with E-state index in [0.29, 0.717) is 0 Å². The minimum atomic E-state index is -0.490. The Morgan fingerprint density at radius 3 is 1.98 bits per heavy atom. The van der Waals surface area contributed by atoms with Crippen molar-refractivity contribution in [1.82, 2.24) is 0 Å². The van der Waals surface area contributed by atoms with Crippen LogP contribution in [0.2, 0.25) is 0 Å². The molecule has 2 aliphatic rings. The lowest BCUT2D eigenvalue weighted by Crippen LogP contribution is -2.23. The number of anilines is 3. The quantitative estimate of drug-likeness (QED) is 0.207. The first-order valence-electron chi connectivity index (χ1n) is 15.3. The maximum absolute atomic E-state index is 6.79. The molecule has 0 bridgehead atoms. The third-order valence-corrected chi connectivity index (χ3v) is 9.10. The predicted octanol–water partition coefficient (Wildman–Crippen LogP) is 11.8. The van der Waals surface area contributed by atoms with Crippen molar-refractivity contribution < 1.29 is 13.9 Å². The molecular formula is C41H29NO3. The van der Waals surface area contributed by atoms with Gasteiger partial charge in [-0.1, -0.05) is 98.8 Å². The van der Waals surface area contributed by atoms with Crippen LogP contribution in [0, 0.1) is 0 Å². The lowest BCUT2D eigenvalue weighted by Gasteiger charge is -2.34. The molecule has 4 nitrogen and oxygen atoms in total. The number of ether oxygens (including phenoxy) is 2. The summed E-state index contributed by atoms with van der Waals surface area (Å²) in [7, 11) is 0. The van der Waals surface area contributed by atoms with E-state index in [1.807, 2.05) is 36.4 Å². The second-order valence-electron chi connectivity index (χ2n) is 12.1. The summed E-state index contributed by atoms with van der Waals surface area (Å²) in [5.41, 5.74) is 8.83. The van der Waals surface area contributed by atoms with E-state index in [0.717, 1.165) is 84.3 Å². The molecule has 0 fully saturated rings. The molecule has 0 saturated carbocycles. The molecule has 2 heterocycles. The van der Waals surface area contributed by atoms with Gasteiger partial charge in [-0.2, -0.15) is 0 Å². The number of hydrogen-bond acceptors (Lipinski definition) is 4. The summed E-state index contributed by atoms with van der Waals surface area (Å²) in [5, 5.41) is 2.17. The molecule has 1 aliphatic carbocycles. The largest absolute Gasteiger partial charge is 0.455 e. The maximum atomic E-state index is 6.79. The third kappa shape index (κ3) is 3.85. The summed E-state index contributed by atoms with van der Waals surface area (Å²) >= 11 is 0. The molecule has 6 aromatic carbocycles. The van der Waals surface area contributed by atoms with Crippen LogP contribution in [-0.4, -0.2) is 0 Å². The highest BCUT2D eigenvalue weighted by Crippen LogP contribution is 2.55. The maximum Gasteiger partial charge on any atom is 0.174 e. The topological polar surface area (TPSA) is 34.8 Å². The molecule has 0 unspecified atom stereocenters. The second-order valence-corrected chi connectivity index (χ2v) is 12.1. The molecule has 9 rings (SSSR count). The van der Waals surface area contributed by atoms with Gasteiger partial charge >= 0.3 is 0 Å². The van der Waals surface area contributed by atoms with Crippen LogP contribution in [0.15, 0.2) is 132 Å². The fourth-order valence-corrected chi connectivity index (χ4v) is 7.04. The lowest BCUT2D eigenvalue weighted by atomic mass is 9.74. The Labute approximate surface area is 261 Å². The molecule has 0 saturated heterocycles. The van der Waals surface area contributed by atoms with Gasteiger partial charge in [0.15, 0.2) is 23.0 Å². The van der Waals surface area contributed by atoms with Crippen LogP contribution in [0.5, 0.6) is 23.0 Å². The minimum absolute atomic E-state index is 0.490. The van der Waals surface area contributed by atoms with E-state index < -0.39 is 5.41 Å². The zero-order chi connectivity index (χ0) is 30.1. The van der Waals surface area contributed by atoms with Crippen molar-refractivity contribution >= 4 is 51.2 Å². The van der Waals surface area contributed by atoms with Crippen molar-refractivity contribution in [1.29, 1.82) is 0 Å². The first kappa shape index (κ1) is 25.7. The smallest absolute Gasteiger partial charge is 0.174 e. The third-order valence-electron chi connectivity index (χ3n) is 9.10. The molecular weight excluding hydrogens is 554 g/mol. The van der Waals surface area contributed by atoms with Crippen molar-refractivity contribution in [3.8, 4) is 23.0 Å². The van der Waals surface area contributed by atoms with E-state index in [1.54, 1.807) is 0 Å². The summed E-state index contributed by atoms with van der Waals surface area (Å²) in [6.07, 6.45) is 4.39. The van der Waals surface area contributed by atoms with Gasteiger partial charge in [0.1, 0.15) is 11.2 Å². The van der Waals surface area contributed by atoms with E-state index in [9.17, 15) is 0 Å².